The molecule has 0 amide bonds. The van der Waals surface area contributed by atoms with Crippen molar-refractivity contribution in [2.45, 2.75) is 313 Å². The molecule has 0 saturated carbocycles. The van der Waals surface area contributed by atoms with E-state index < -0.39 is 196 Å². The van der Waals surface area contributed by atoms with Crippen LogP contribution in [0.25, 0.3) is 78.1 Å². The van der Waals surface area contributed by atoms with Crippen molar-refractivity contribution >= 4 is 78.1 Å². The van der Waals surface area contributed by atoms with Gasteiger partial charge >= 0.3 is 39.8 Å². The predicted octanol–water partition coefficient (Wildman–Crippen LogP) is 1.74. The van der Waals surface area contributed by atoms with E-state index in [-0.39, 0.29) is 230 Å². The Labute approximate surface area is 887 Å². The molecular formula is C97H152N28O21. The van der Waals surface area contributed by atoms with E-state index in [2.05, 4.69) is 34.9 Å². The monoisotopic (exact) mass is 2080 g/mol. The molecule has 146 heavy (non-hydrogen) atoms. The van der Waals surface area contributed by atoms with Gasteiger partial charge in [-0.2, -0.15) is 0 Å². The highest BCUT2D eigenvalue weighted by Gasteiger charge is 2.26. The highest BCUT2D eigenvalue weighted by Crippen LogP contribution is 2.18. The molecule has 49 heteroatoms. The third-order valence-corrected chi connectivity index (χ3v) is 23.0. The van der Waals surface area contributed by atoms with E-state index in [4.69, 9.17) is 46.6 Å². The van der Waals surface area contributed by atoms with Gasteiger partial charge in [0.05, 0.1) is 54.4 Å². The summed E-state index contributed by atoms with van der Waals surface area (Å²) >= 11 is 0. The first-order chi connectivity index (χ1) is 81.4. The Bertz CT molecular complexity index is 8790. The highest BCUT2D eigenvalue weighted by atomic mass is 16.3. The Morgan fingerprint density at radius 2 is 0.418 bits per heavy atom. The third-order valence-electron chi connectivity index (χ3n) is 23.0. The molecule has 0 aliphatic rings. The summed E-state index contributed by atoms with van der Waals surface area (Å²) in [5.41, 5.74) is -10.3. The van der Waals surface area contributed by atoms with E-state index in [1.807, 2.05) is 0 Å². The van der Waals surface area contributed by atoms with Crippen molar-refractivity contribution in [3.05, 3.63) is 187 Å². The Morgan fingerprint density at radius 3 is 0.589 bits per heavy atom. The SMILES string of the molecule is [2H]C([2H])(CCCn1c(=O)c2c(nc(C)n2C([2H])([2H])[2H])n(C)c1=O)C(C)O.[2H]C([2H])(CCCn1c(=O)c2c(nc(C)n2C([2H])([2H])[2H])n(C)c1=O)[C@@H](C)O.[2H]C([2H])(CCCn1c(=O)c2c(nc(C)n2C([2H])([2H])[2H])n(C)c1=O)[C@H](C)O.[2H]C([2H])([2H])n1c(C)nc2c1c(=O)n(CCCC([2H])([2H])C([2H])(C)O)c(=O)n2C.[2H]C([2H])([2H])n1c(C)nc2c1c(=O)n(CCCC([2H])([2H])[C@@]([2H])(C)O)c(=O)n2C.[2H]C([2H])([2H])n1c(C)nc2c1c(=O)n(CCCC([2H])([2H])[C@]([2H])(C)O)c(=O)n2C.[2H][C@@](C)(O)CCCCn1c(=O)c2c(ncn2C)n(C)c1=O. The number of aliphatic hydroxyl groups excluding tert-OH is 3. The summed E-state index contributed by atoms with van der Waals surface area (Å²) in [7, 11) is 11.6. The molecule has 14 aromatic rings. The molecule has 0 aliphatic heterocycles. The number of hydrogen-bond donors (Lipinski definition) is 7. The van der Waals surface area contributed by atoms with Crippen molar-refractivity contribution in [2.75, 3.05) is 0 Å². The zero-order chi connectivity index (χ0) is 139. The van der Waals surface area contributed by atoms with Gasteiger partial charge in [-0.15, -0.1) is 0 Å². The van der Waals surface area contributed by atoms with Crippen LogP contribution in [-0.2, 0) is 144 Å². The zero-order valence-electron chi connectivity index (χ0n) is 119. The molecule has 7 N–H and O–H groups in total. The number of imidazole rings is 7. The summed E-state index contributed by atoms with van der Waals surface area (Å²) in [6, 6.07) is 0. The Kier molecular flexibility index (Phi) is 27.0. The van der Waals surface area contributed by atoms with E-state index in [1.54, 1.807) is 18.7 Å². The van der Waals surface area contributed by atoms with Crippen molar-refractivity contribution < 1.29 is 82.4 Å². The number of fused-ring (bicyclic) bond motifs is 7. The normalized spacial score (nSPS) is 18.4. The summed E-state index contributed by atoms with van der Waals surface area (Å²) in [4.78, 5) is 204. The van der Waals surface area contributed by atoms with Crippen LogP contribution in [0.15, 0.2) is 73.5 Å². The molecule has 7 atom stereocenters. The largest absolute Gasteiger partial charge is 0.393 e. The minimum Gasteiger partial charge on any atom is -0.393 e. The smallest absolute Gasteiger partial charge is 0.332 e. The van der Waals surface area contributed by atoms with Crippen LogP contribution in [0, 0.1) is 41.5 Å². The van der Waals surface area contributed by atoms with Gasteiger partial charge in [0.25, 0.3) is 38.9 Å². The van der Waals surface area contributed by atoms with Gasteiger partial charge in [-0.3, -0.25) is 97.5 Å². The van der Waals surface area contributed by atoms with Crippen molar-refractivity contribution in [2.24, 2.45) is 98.2 Å². The summed E-state index contributed by atoms with van der Waals surface area (Å²) in [6.07, 6.45) is -22.0. The standard InChI is InChI=1S/6C14H22N4O3.C13H20N4O3/c6*1-9(19)7-5-6-8-18-13(20)11-12(17(4)14(18)21)15-10(2)16(11)3;1-9(18)6-4-5-7-17-12(19)10-11(14-8-15(10)2)16(3)13(17)20/h6*9,19H,5-8H2,1-4H3;8-9,18H,4-7H2,1-3H3/t4*9-;;;9-/m1100..0/s1/i3D3,7D2,9D;3D3,7D2;3D3,7D2,9D;3D3,7D2;3D3,7D2,9D;3D3,7D2;9D. The average molecular weight is 2080 g/mol. The Balaban J connectivity index is 0.000000252. The predicted molar refractivity (Wildman–Crippen MR) is 559 cm³/mol. The number of unbranched alkanes of at least 4 members (excludes halogenated alkanes) is 1. The fourth-order valence-corrected chi connectivity index (χ4v) is 15.2. The lowest BCUT2D eigenvalue weighted by Gasteiger charge is -2.09. The van der Waals surface area contributed by atoms with Gasteiger partial charge in [-0.1, -0.05) is 0 Å². The van der Waals surface area contributed by atoms with Gasteiger partial charge in [-0.25, -0.2) is 68.4 Å². The van der Waals surface area contributed by atoms with E-state index in [0.717, 1.165) is 103 Å². The van der Waals surface area contributed by atoms with Crippen LogP contribution in [0.5, 0.6) is 0 Å². The third kappa shape index (κ3) is 27.2. The lowest BCUT2D eigenvalue weighted by Crippen LogP contribution is -2.39. The Hall–Kier alpha value is -13.2. The van der Waals surface area contributed by atoms with Crippen LogP contribution in [-0.4, -0.2) is 209 Å². The van der Waals surface area contributed by atoms with Crippen LogP contribution < -0.4 is 78.7 Å². The van der Waals surface area contributed by atoms with Gasteiger partial charge in [0.2, 0.25) is 0 Å². The fourth-order valence-electron chi connectivity index (χ4n) is 15.2. The maximum atomic E-state index is 12.8. The topological polar surface area (TPSA) is 574 Å². The molecule has 0 spiro atoms. The number of aliphatic hydroxyl groups is 7. The molecule has 0 fully saturated rings. The van der Waals surface area contributed by atoms with Crippen molar-refractivity contribution in [1.82, 2.24) is 131 Å². The molecule has 49 nitrogen and oxygen atoms in total. The lowest BCUT2D eigenvalue weighted by atomic mass is 10.2. The van der Waals surface area contributed by atoms with Crippen LogP contribution in [0.3, 0.4) is 0 Å². The molecule has 0 saturated heterocycles. The summed E-state index contributed by atoms with van der Waals surface area (Å²) < 4.78 is 280. The minimum atomic E-state index is -2.66. The molecule has 806 valence electrons. The molecule has 0 bridgehead atoms. The highest BCUT2D eigenvalue weighted by molar-refractivity contribution is 5.75. The molecule has 14 heterocycles. The van der Waals surface area contributed by atoms with Crippen LogP contribution in [0.4, 0.5) is 0 Å². The van der Waals surface area contributed by atoms with Gasteiger partial charge in [-0.05, 0) is 225 Å². The summed E-state index contributed by atoms with van der Waals surface area (Å²) in [5.74, 6) is 0.477. The zero-order valence-corrected chi connectivity index (χ0v) is 85.2. The second-order valence-electron chi connectivity index (χ2n) is 34.4. The number of rotatable bonds is 35. The molecular weight excluding hydrogens is 1890 g/mol. The molecule has 2 unspecified atom stereocenters. The Morgan fingerprint density at radius 1 is 0.247 bits per heavy atom. The molecule has 14 rings (SSSR count). The molecule has 0 aliphatic carbocycles. The van der Waals surface area contributed by atoms with Crippen LogP contribution >= 0.6 is 0 Å². The first-order valence-corrected chi connectivity index (χ1v) is 46.1. The van der Waals surface area contributed by atoms with E-state index in [0.29, 0.717) is 30.4 Å². The maximum Gasteiger partial charge on any atom is 0.332 e. The molecule has 0 radical (unpaired) electrons. The van der Waals surface area contributed by atoms with Gasteiger partial charge < -0.3 is 67.7 Å². The van der Waals surface area contributed by atoms with Gasteiger partial charge in [0, 0.05) is 185 Å². The van der Waals surface area contributed by atoms with Crippen LogP contribution in [0.1, 0.15) is 265 Å². The second-order valence-corrected chi connectivity index (χ2v) is 34.4. The molecule has 0 aromatic carbocycles. The van der Waals surface area contributed by atoms with Gasteiger partial charge in [0.1, 0.15) is 34.9 Å². The first-order valence-electron chi connectivity index (χ1n) is 63.1. The maximum absolute atomic E-state index is 12.8. The molecule has 14 aromatic heterocycles. The average Bonchev–Trinajstić information content (AvgIpc) is 1.60. The van der Waals surface area contributed by atoms with Gasteiger partial charge in [0.15, 0.2) is 78.1 Å². The van der Waals surface area contributed by atoms with E-state index >= 15 is 0 Å². The van der Waals surface area contributed by atoms with Crippen molar-refractivity contribution in [3.8, 4) is 0 Å². The van der Waals surface area contributed by atoms with Crippen molar-refractivity contribution in [3.63, 3.8) is 0 Å². The number of aryl methyl sites for hydroxylation is 20. The van der Waals surface area contributed by atoms with E-state index in [1.165, 1.54) is 127 Å². The number of aromatic nitrogens is 28. The number of nitrogens with zero attached hydrogens (tertiary/aromatic N) is 28. The minimum absolute atomic E-state index is 0.0100. The van der Waals surface area contributed by atoms with Crippen molar-refractivity contribution in [1.29, 1.82) is 0 Å². The second kappa shape index (κ2) is 51.7. The summed E-state index contributed by atoms with van der Waals surface area (Å²) in [5, 5.41) is 66.2. The summed E-state index contributed by atoms with van der Waals surface area (Å²) in [6.45, 7) is 0.579. The number of hydrogen-bond acceptors (Lipinski definition) is 28. The first kappa shape index (κ1) is 76.3. The quantitative estimate of drug-likeness (QED) is 0.0278. The van der Waals surface area contributed by atoms with Crippen LogP contribution in [0.2, 0.25) is 0 Å². The van der Waals surface area contributed by atoms with E-state index in [9.17, 15) is 103 Å². The lowest BCUT2D eigenvalue weighted by molar-refractivity contribution is 0.179. The fraction of sp³-hybridized carbons (Fsp3) is 0.639.